The average Bonchev–Trinajstić information content (AvgIpc) is 3.44. The first-order valence-electron chi connectivity index (χ1n) is 8.76. The van der Waals surface area contributed by atoms with Crippen LogP contribution in [0.25, 0.3) is 6.08 Å². The second-order valence-electron chi connectivity index (χ2n) is 6.46. The van der Waals surface area contributed by atoms with E-state index in [0.29, 0.717) is 11.6 Å². The van der Waals surface area contributed by atoms with Crippen LogP contribution in [0.15, 0.2) is 30.3 Å². The van der Waals surface area contributed by atoms with Gasteiger partial charge in [0.1, 0.15) is 0 Å². The highest BCUT2D eigenvalue weighted by Gasteiger charge is 2.23. The van der Waals surface area contributed by atoms with E-state index in [9.17, 15) is 9.59 Å². The molecule has 1 aromatic carbocycles. The van der Waals surface area contributed by atoms with Gasteiger partial charge in [0.05, 0.1) is 0 Å². The molecule has 24 heavy (non-hydrogen) atoms. The van der Waals surface area contributed by atoms with Crippen molar-refractivity contribution in [2.24, 2.45) is 0 Å². The Morgan fingerprint density at radius 3 is 2.38 bits per heavy atom. The molecule has 1 aromatic rings. The Labute approximate surface area is 143 Å². The van der Waals surface area contributed by atoms with Crippen molar-refractivity contribution in [3.05, 3.63) is 41.5 Å². The first-order valence-corrected chi connectivity index (χ1v) is 8.76. The number of piperazine rings is 1. The van der Waals surface area contributed by atoms with Crippen LogP contribution in [0.2, 0.25) is 0 Å². The summed E-state index contributed by atoms with van der Waals surface area (Å²) < 4.78 is 0. The van der Waals surface area contributed by atoms with Crippen LogP contribution in [0.4, 0.5) is 0 Å². The van der Waals surface area contributed by atoms with Gasteiger partial charge in [-0.3, -0.25) is 9.59 Å². The number of amides is 2. The molecule has 1 N–H and O–H groups in total. The van der Waals surface area contributed by atoms with Crippen molar-refractivity contribution in [1.29, 1.82) is 0 Å². The molecule has 0 bridgehead atoms. The molecule has 5 heteroatoms. The third-order valence-electron chi connectivity index (χ3n) is 4.63. The predicted octanol–water partition coefficient (Wildman–Crippen LogP) is 1.76. The van der Waals surface area contributed by atoms with Crippen molar-refractivity contribution in [2.45, 2.75) is 25.8 Å². The van der Waals surface area contributed by atoms with Gasteiger partial charge in [0.15, 0.2) is 0 Å². The summed E-state index contributed by atoms with van der Waals surface area (Å²) >= 11 is 0. The summed E-state index contributed by atoms with van der Waals surface area (Å²) in [6, 6.07) is 7.73. The second-order valence-corrected chi connectivity index (χ2v) is 6.46. The molecule has 5 nitrogen and oxygen atoms in total. The van der Waals surface area contributed by atoms with Crippen molar-refractivity contribution >= 4 is 17.9 Å². The molecule has 128 valence electrons. The van der Waals surface area contributed by atoms with Gasteiger partial charge in [0.25, 0.3) is 5.91 Å². The molecule has 1 aliphatic carbocycles. The minimum Gasteiger partial charge on any atom is -0.349 e. The van der Waals surface area contributed by atoms with Crippen LogP contribution >= 0.6 is 0 Å². The van der Waals surface area contributed by atoms with Gasteiger partial charge in [-0.2, -0.15) is 0 Å². The Bertz CT molecular complexity index is 612. The van der Waals surface area contributed by atoms with Gasteiger partial charge in [-0.1, -0.05) is 19.1 Å². The molecule has 0 spiro atoms. The fraction of sp³-hybridized carbons (Fsp3) is 0.474. The van der Waals surface area contributed by atoms with E-state index in [-0.39, 0.29) is 11.8 Å². The number of carbonyl (C=O) groups is 2. The van der Waals surface area contributed by atoms with Crippen molar-refractivity contribution in [1.82, 2.24) is 15.1 Å². The number of hydrogen-bond donors (Lipinski definition) is 1. The molecule has 0 aromatic heterocycles. The summed E-state index contributed by atoms with van der Waals surface area (Å²) in [6.45, 7) is 6.65. The van der Waals surface area contributed by atoms with E-state index < -0.39 is 0 Å². The van der Waals surface area contributed by atoms with Gasteiger partial charge in [-0.15, -0.1) is 0 Å². The molecule has 1 heterocycles. The minimum absolute atomic E-state index is 0.0158. The molecule has 0 atom stereocenters. The Morgan fingerprint density at radius 2 is 1.79 bits per heavy atom. The normalized spacial score (nSPS) is 18.8. The Kier molecular flexibility index (Phi) is 5.30. The van der Waals surface area contributed by atoms with Crippen LogP contribution in [0.1, 0.15) is 35.7 Å². The Morgan fingerprint density at radius 1 is 1.12 bits per heavy atom. The third-order valence-corrected chi connectivity index (χ3v) is 4.63. The Hall–Kier alpha value is -2.14. The minimum atomic E-state index is -0.0158. The highest BCUT2D eigenvalue weighted by Crippen LogP contribution is 2.19. The molecular formula is C19H25N3O2. The van der Waals surface area contributed by atoms with E-state index in [1.165, 1.54) is 0 Å². The topological polar surface area (TPSA) is 52.7 Å². The molecule has 1 saturated carbocycles. The van der Waals surface area contributed by atoms with Gasteiger partial charge in [0.2, 0.25) is 5.91 Å². The molecule has 0 radical (unpaired) electrons. The maximum atomic E-state index is 12.2. The average molecular weight is 327 g/mol. The highest BCUT2D eigenvalue weighted by atomic mass is 16.2. The number of rotatable bonds is 5. The van der Waals surface area contributed by atoms with Crippen LogP contribution < -0.4 is 5.32 Å². The van der Waals surface area contributed by atoms with Gasteiger partial charge >= 0.3 is 0 Å². The van der Waals surface area contributed by atoms with E-state index >= 15 is 0 Å². The lowest BCUT2D eigenvalue weighted by molar-refractivity contribution is -0.127. The summed E-state index contributed by atoms with van der Waals surface area (Å²) in [6.07, 6.45) is 5.61. The number of benzene rings is 1. The van der Waals surface area contributed by atoms with Crippen LogP contribution in [0.3, 0.4) is 0 Å². The van der Waals surface area contributed by atoms with Crippen molar-refractivity contribution < 1.29 is 9.59 Å². The molecule has 1 saturated heterocycles. The van der Waals surface area contributed by atoms with E-state index in [1.807, 2.05) is 35.2 Å². The lowest BCUT2D eigenvalue weighted by atomic mass is 10.1. The molecule has 1 aliphatic heterocycles. The fourth-order valence-electron chi connectivity index (χ4n) is 2.80. The van der Waals surface area contributed by atoms with Gasteiger partial charge in [-0.05, 0) is 43.2 Å². The summed E-state index contributed by atoms with van der Waals surface area (Å²) in [7, 11) is 0. The molecular weight excluding hydrogens is 302 g/mol. The molecule has 0 unspecified atom stereocenters. The molecule has 2 fully saturated rings. The van der Waals surface area contributed by atoms with E-state index in [1.54, 1.807) is 6.08 Å². The van der Waals surface area contributed by atoms with Gasteiger partial charge in [-0.25, -0.2) is 0 Å². The quantitative estimate of drug-likeness (QED) is 0.839. The maximum Gasteiger partial charge on any atom is 0.251 e. The Balaban J connectivity index is 1.52. The molecule has 2 aliphatic rings. The zero-order valence-electron chi connectivity index (χ0n) is 14.2. The van der Waals surface area contributed by atoms with Crippen LogP contribution in [0, 0.1) is 0 Å². The standard InChI is InChI=1S/C19H25N3O2/c1-2-21-11-13-22(14-12-21)18(23)10-5-15-3-6-16(7-4-15)19(24)20-17-8-9-17/h3-7,10,17H,2,8-9,11-14H2,1H3,(H,20,24)/b10-5+. The smallest absolute Gasteiger partial charge is 0.251 e. The van der Waals surface area contributed by atoms with E-state index in [0.717, 1.165) is 51.1 Å². The van der Waals surface area contributed by atoms with E-state index in [4.69, 9.17) is 0 Å². The third kappa shape index (κ3) is 4.45. The molecule has 2 amide bonds. The van der Waals surface area contributed by atoms with Crippen molar-refractivity contribution in [3.63, 3.8) is 0 Å². The second kappa shape index (κ2) is 7.62. The summed E-state index contributed by atoms with van der Waals surface area (Å²) in [4.78, 5) is 28.4. The van der Waals surface area contributed by atoms with Crippen LogP contribution in [-0.2, 0) is 4.79 Å². The maximum absolute atomic E-state index is 12.2. The monoisotopic (exact) mass is 327 g/mol. The number of nitrogens with zero attached hydrogens (tertiary/aromatic N) is 2. The van der Waals surface area contributed by atoms with Gasteiger partial charge < -0.3 is 15.1 Å². The fourth-order valence-corrected chi connectivity index (χ4v) is 2.80. The molecule has 3 rings (SSSR count). The summed E-state index contributed by atoms with van der Waals surface area (Å²) in [5, 5.41) is 2.97. The lowest BCUT2D eigenvalue weighted by Crippen LogP contribution is -2.48. The lowest BCUT2D eigenvalue weighted by Gasteiger charge is -2.33. The number of likely N-dealkylation sites (N-methyl/N-ethyl adjacent to an activating group) is 1. The summed E-state index contributed by atoms with van der Waals surface area (Å²) in [5.74, 6) is 0.0409. The van der Waals surface area contributed by atoms with Crippen molar-refractivity contribution in [2.75, 3.05) is 32.7 Å². The van der Waals surface area contributed by atoms with E-state index in [2.05, 4.69) is 17.1 Å². The predicted molar refractivity (Wildman–Crippen MR) is 94.7 cm³/mol. The summed E-state index contributed by atoms with van der Waals surface area (Å²) in [5.41, 5.74) is 1.60. The largest absolute Gasteiger partial charge is 0.349 e. The number of carbonyl (C=O) groups excluding carboxylic acids is 2. The van der Waals surface area contributed by atoms with Crippen molar-refractivity contribution in [3.8, 4) is 0 Å². The number of hydrogen-bond acceptors (Lipinski definition) is 3. The number of nitrogens with one attached hydrogen (secondary N) is 1. The van der Waals surface area contributed by atoms with Crippen LogP contribution in [-0.4, -0.2) is 60.4 Å². The highest BCUT2D eigenvalue weighted by molar-refractivity contribution is 5.95. The van der Waals surface area contributed by atoms with Gasteiger partial charge in [0, 0.05) is 43.9 Å². The zero-order valence-corrected chi connectivity index (χ0v) is 14.2. The SMILES string of the molecule is CCN1CCN(C(=O)/C=C/c2ccc(C(=O)NC3CC3)cc2)CC1. The first-order chi connectivity index (χ1) is 11.7. The van der Waals surface area contributed by atoms with Crippen LogP contribution in [0.5, 0.6) is 0 Å². The zero-order chi connectivity index (χ0) is 16.9. The first kappa shape index (κ1) is 16.7.